The largest absolute Gasteiger partial charge is 0.471 e. The number of rotatable bonds is 2. The highest BCUT2D eigenvalue weighted by Crippen LogP contribution is 2.58. The Balaban J connectivity index is 0.000000201. The maximum atomic E-state index is 13.0. The molecule has 2 saturated heterocycles. The van der Waals surface area contributed by atoms with Crippen molar-refractivity contribution < 1.29 is 52.8 Å². The zero-order chi connectivity index (χ0) is 39.4. The molecule has 0 saturated carbocycles. The van der Waals surface area contributed by atoms with Crippen LogP contribution in [0.5, 0.6) is 0 Å². The van der Waals surface area contributed by atoms with Crippen LogP contribution in [0.25, 0.3) is 0 Å². The number of likely N-dealkylation sites (tertiary alicyclic amines) is 2. The van der Waals surface area contributed by atoms with Crippen LogP contribution in [-0.2, 0) is 51.4 Å². The Morgan fingerprint density at radius 1 is 0.635 bits per heavy atom. The van der Waals surface area contributed by atoms with E-state index < -0.39 is 76.0 Å². The second-order valence-corrected chi connectivity index (χ2v) is 20.7. The van der Waals surface area contributed by atoms with E-state index in [1.807, 2.05) is 41.5 Å². The van der Waals surface area contributed by atoms with E-state index in [0.29, 0.717) is 18.4 Å². The number of carbonyl (C=O) groups excluding carboxylic acids is 2. The molecule has 2 aromatic carbocycles. The van der Waals surface area contributed by atoms with Crippen molar-refractivity contribution in [2.75, 3.05) is 13.1 Å². The fourth-order valence-corrected chi connectivity index (χ4v) is 10.5. The molecule has 0 unspecified atom stereocenters. The molecule has 2 fully saturated rings. The number of piperidine rings is 2. The third kappa shape index (κ3) is 6.50. The lowest BCUT2D eigenvalue weighted by Crippen LogP contribution is -2.66. The normalized spacial score (nSPS) is 27.8. The SMILES string of the molecule is CC1(C)[C@H]2Cc3cc(S(=O)(=O)Cl)ccc3[C@]1(C)CCN2C(=O)C(F)(F)F.CC1(C)[C@H]2Cc3ccc(S(=O)(=O)Cl)cc3[C@]1(C)CCN2C(=O)C(F)(F)F. The Morgan fingerprint density at radius 3 is 1.44 bits per heavy atom. The topological polar surface area (TPSA) is 109 Å². The second-order valence-electron chi connectivity index (χ2n) is 15.6. The summed E-state index contributed by atoms with van der Waals surface area (Å²) in [5.74, 6) is -3.66. The molecule has 0 N–H and O–H groups in total. The molecule has 2 amide bonds. The highest BCUT2D eigenvalue weighted by molar-refractivity contribution is 8.14. The third-order valence-corrected chi connectivity index (χ3v) is 15.4. The number of fused-ring (bicyclic) bond motifs is 8. The van der Waals surface area contributed by atoms with Crippen molar-refractivity contribution in [1.29, 1.82) is 0 Å². The number of halogens is 8. The van der Waals surface area contributed by atoms with Gasteiger partial charge in [-0.3, -0.25) is 9.59 Å². The standard InChI is InChI=1S/2C17H19ClF3NO3S/c1-15(2)13-9-10-8-11(26(18,24)25)4-5-12(10)16(15,3)6-7-22(13)14(23)17(19,20)21;1-15(2)13-8-10-4-5-11(26(18,24)25)9-12(10)16(15,3)6-7-22(13)14(23)17(19,20)21/h4-5,8,13H,6-7,9H2,1-3H3;4-5,9,13H,6-8H2,1-3H3/t2*13-,16+/m11/s1. The van der Waals surface area contributed by atoms with Gasteiger partial charge in [0.25, 0.3) is 18.1 Å². The number of benzene rings is 2. The second kappa shape index (κ2) is 12.5. The molecule has 0 aromatic heterocycles. The molecule has 2 aliphatic carbocycles. The van der Waals surface area contributed by atoms with Crippen molar-refractivity contribution in [3.63, 3.8) is 0 Å². The number of hydrogen-bond acceptors (Lipinski definition) is 6. The summed E-state index contributed by atoms with van der Waals surface area (Å²) in [5, 5.41) is 0. The summed E-state index contributed by atoms with van der Waals surface area (Å²) < 4.78 is 125. The van der Waals surface area contributed by atoms with Crippen LogP contribution in [-0.4, -0.2) is 76.0 Å². The van der Waals surface area contributed by atoms with Gasteiger partial charge in [0, 0.05) is 57.4 Å². The minimum Gasteiger partial charge on any atom is -0.331 e. The average Bonchev–Trinajstić information content (AvgIpc) is 2.98. The smallest absolute Gasteiger partial charge is 0.331 e. The summed E-state index contributed by atoms with van der Waals surface area (Å²) >= 11 is 0. The van der Waals surface area contributed by atoms with Gasteiger partial charge in [0.2, 0.25) is 0 Å². The van der Waals surface area contributed by atoms with Crippen molar-refractivity contribution in [2.45, 2.75) is 112 Å². The van der Waals surface area contributed by atoms with Gasteiger partial charge >= 0.3 is 24.2 Å². The predicted octanol–water partition coefficient (Wildman–Crippen LogP) is 7.23. The summed E-state index contributed by atoms with van der Waals surface area (Å²) in [4.78, 5) is 25.6. The first-order valence-electron chi connectivity index (χ1n) is 16.3. The molecule has 4 bridgehead atoms. The first-order chi connectivity index (χ1) is 23.4. The fourth-order valence-electron chi connectivity index (χ4n) is 8.91. The number of amides is 2. The zero-order valence-electron chi connectivity index (χ0n) is 29.0. The van der Waals surface area contributed by atoms with Gasteiger partial charge in [0.1, 0.15) is 0 Å². The molecule has 2 heterocycles. The van der Waals surface area contributed by atoms with Gasteiger partial charge in [0.05, 0.1) is 9.79 Å². The Bertz CT molecular complexity index is 2050. The van der Waals surface area contributed by atoms with Gasteiger partial charge in [-0.15, -0.1) is 0 Å². The van der Waals surface area contributed by atoms with Crippen LogP contribution in [0.4, 0.5) is 26.3 Å². The van der Waals surface area contributed by atoms with E-state index in [1.54, 1.807) is 12.1 Å². The van der Waals surface area contributed by atoms with Crippen LogP contribution in [0.15, 0.2) is 46.2 Å². The molecule has 18 heteroatoms. The number of nitrogens with zero attached hydrogens (tertiary/aromatic N) is 2. The van der Waals surface area contributed by atoms with Gasteiger partial charge in [-0.05, 0) is 83.0 Å². The highest BCUT2D eigenvalue weighted by Gasteiger charge is 2.61. The van der Waals surface area contributed by atoms with E-state index in [9.17, 15) is 52.8 Å². The summed E-state index contributed by atoms with van der Waals surface area (Å²) in [6.07, 6.45) is -8.80. The average molecular weight is 820 g/mol. The molecule has 0 spiro atoms. The van der Waals surface area contributed by atoms with Crippen molar-refractivity contribution in [3.8, 4) is 0 Å². The Labute approximate surface area is 307 Å². The lowest BCUT2D eigenvalue weighted by atomic mass is 9.51. The van der Waals surface area contributed by atoms with E-state index >= 15 is 0 Å². The maximum absolute atomic E-state index is 13.0. The summed E-state index contributed by atoms with van der Waals surface area (Å²) in [5.41, 5.74) is 0.710. The summed E-state index contributed by atoms with van der Waals surface area (Å²) in [7, 11) is 3.01. The van der Waals surface area contributed by atoms with Gasteiger partial charge in [-0.2, -0.15) is 26.3 Å². The van der Waals surface area contributed by atoms with Crippen molar-refractivity contribution >= 4 is 51.3 Å². The molecule has 4 aliphatic rings. The van der Waals surface area contributed by atoms with E-state index in [-0.39, 0.29) is 35.7 Å². The van der Waals surface area contributed by atoms with Gasteiger partial charge in [-0.1, -0.05) is 53.7 Å². The first-order valence-corrected chi connectivity index (χ1v) is 20.9. The van der Waals surface area contributed by atoms with E-state index in [1.165, 1.54) is 24.3 Å². The molecular formula is C34H38Cl2F6N2O6S2. The van der Waals surface area contributed by atoms with Gasteiger partial charge in [-0.25, -0.2) is 16.8 Å². The molecule has 52 heavy (non-hydrogen) atoms. The van der Waals surface area contributed by atoms with E-state index in [2.05, 4.69) is 0 Å². The molecule has 6 rings (SSSR count). The predicted molar refractivity (Wildman–Crippen MR) is 181 cm³/mol. The van der Waals surface area contributed by atoms with Crippen molar-refractivity contribution in [1.82, 2.24) is 9.80 Å². The van der Waals surface area contributed by atoms with Crippen molar-refractivity contribution in [2.24, 2.45) is 10.8 Å². The Hall–Kier alpha value is -2.56. The summed E-state index contributed by atoms with van der Waals surface area (Å²) in [6.45, 7) is 11.3. The molecule has 2 aliphatic heterocycles. The lowest BCUT2D eigenvalue weighted by molar-refractivity contribution is -0.195. The van der Waals surface area contributed by atoms with E-state index in [0.717, 1.165) is 26.5 Å². The van der Waals surface area contributed by atoms with Crippen LogP contribution in [0, 0.1) is 10.8 Å². The number of alkyl halides is 6. The number of hydrogen-bond donors (Lipinski definition) is 0. The Morgan fingerprint density at radius 2 is 1.02 bits per heavy atom. The van der Waals surface area contributed by atoms with Crippen LogP contribution >= 0.6 is 21.4 Å². The lowest BCUT2D eigenvalue weighted by Gasteiger charge is -2.60. The molecule has 2 aromatic rings. The van der Waals surface area contributed by atoms with Crippen LogP contribution in [0.2, 0.25) is 0 Å². The van der Waals surface area contributed by atoms with Gasteiger partial charge in [0.15, 0.2) is 0 Å². The first kappa shape index (κ1) is 40.6. The molecular weight excluding hydrogens is 781 g/mol. The minimum atomic E-state index is -4.94. The minimum absolute atomic E-state index is 0.0118. The fraction of sp³-hybridized carbons (Fsp3) is 0.588. The highest BCUT2D eigenvalue weighted by atomic mass is 35.7. The maximum Gasteiger partial charge on any atom is 0.471 e. The molecule has 4 atom stereocenters. The molecule has 8 nitrogen and oxygen atoms in total. The summed E-state index contributed by atoms with van der Waals surface area (Å²) in [6, 6.07) is 7.70. The van der Waals surface area contributed by atoms with Gasteiger partial charge < -0.3 is 9.80 Å². The van der Waals surface area contributed by atoms with Crippen LogP contribution in [0.1, 0.15) is 76.6 Å². The zero-order valence-corrected chi connectivity index (χ0v) is 32.2. The van der Waals surface area contributed by atoms with E-state index in [4.69, 9.17) is 21.4 Å². The Kier molecular flexibility index (Phi) is 9.75. The monoisotopic (exact) mass is 818 g/mol. The molecule has 288 valence electrons. The number of carbonyl (C=O) groups is 2. The quantitative estimate of drug-likeness (QED) is 0.234. The third-order valence-electron chi connectivity index (χ3n) is 12.7. The molecule has 0 radical (unpaired) electrons. The van der Waals surface area contributed by atoms with Crippen LogP contribution < -0.4 is 0 Å². The van der Waals surface area contributed by atoms with Crippen molar-refractivity contribution in [3.05, 3.63) is 58.7 Å². The van der Waals surface area contributed by atoms with Crippen LogP contribution in [0.3, 0.4) is 0 Å².